The molecule has 1 aromatic carbocycles. The van der Waals surface area contributed by atoms with Crippen molar-refractivity contribution in [3.8, 4) is 5.69 Å². The van der Waals surface area contributed by atoms with E-state index in [1.807, 2.05) is 6.92 Å². The van der Waals surface area contributed by atoms with Crippen LogP contribution in [0.1, 0.15) is 19.0 Å². The Kier molecular flexibility index (Phi) is 4.09. The Morgan fingerprint density at radius 3 is 2.65 bits per heavy atom. The maximum Gasteiger partial charge on any atom is 0.211 e. The fourth-order valence-corrected chi connectivity index (χ4v) is 1.67. The van der Waals surface area contributed by atoms with Gasteiger partial charge in [0.2, 0.25) is 5.96 Å². The predicted molar refractivity (Wildman–Crippen MR) is 76.2 cm³/mol. The summed E-state index contributed by atoms with van der Waals surface area (Å²) in [5, 5.41) is 11.8. The zero-order valence-electron chi connectivity index (χ0n) is 11.0. The molecule has 104 valence electrons. The van der Waals surface area contributed by atoms with E-state index < -0.39 is 0 Å². The van der Waals surface area contributed by atoms with Gasteiger partial charge in [-0.3, -0.25) is 0 Å². The van der Waals surface area contributed by atoms with E-state index in [4.69, 9.17) is 11.5 Å². The van der Waals surface area contributed by atoms with E-state index in [2.05, 4.69) is 15.3 Å². The minimum absolute atomic E-state index is 0.121. The van der Waals surface area contributed by atoms with E-state index in [0.29, 0.717) is 23.5 Å². The third-order valence-electron chi connectivity index (χ3n) is 2.61. The highest BCUT2D eigenvalue weighted by Crippen LogP contribution is 2.13. The minimum atomic E-state index is -0.346. The lowest BCUT2D eigenvalue weighted by molar-refractivity contribution is 0.610. The van der Waals surface area contributed by atoms with E-state index >= 15 is 0 Å². The standard InChI is InChI=1S/C13H15FN6/c1-2-10(17-18-13(15)16)11-7-8-20(19-11)12-6-4-3-5-9(12)14/h3-8H,2H2,1H3,(H4,15,16,18). The fourth-order valence-electron chi connectivity index (χ4n) is 1.67. The highest BCUT2D eigenvalue weighted by Gasteiger charge is 2.09. The maximum atomic E-state index is 13.7. The topological polar surface area (TPSA) is 94.6 Å². The van der Waals surface area contributed by atoms with E-state index in [9.17, 15) is 4.39 Å². The fraction of sp³-hybridized carbons (Fsp3) is 0.154. The van der Waals surface area contributed by atoms with Crippen LogP contribution in [0.3, 0.4) is 0 Å². The molecule has 0 aliphatic heterocycles. The van der Waals surface area contributed by atoms with E-state index in [1.165, 1.54) is 10.7 Å². The monoisotopic (exact) mass is 274 g/mol. The molecular weight excluding hydrogens is 259 g/mol. The average molecular weight is 274 g/mol. The highest BCUT2D eigenvalue weighted by molar-refractivity contribution is 5.99. The largest absolute Gasteiger partial charge is 0.369 e. The van der Waals surface area contributed by atoms with Crippen molar-refractivity contribution in [1.82, 2.24) is 9.78 Å². The van der Waals surface area contributed by atoms with Crippen molar-refractivity contribution in [1.29, 1.82) is 0 Å². The van der Waals surface area contributed by atoms with Crippen LogP contribution < -0.4 is 11.5 Å². The Bertz CT molecular complexity index is 654. The first-order valence-electron chi connectivity index (χ1n) is 6.08. The summed E-state index contributed by atoms with van der Waals surface area (Å²) in [4.78, 5) is 0. The van der Waals surface area contributed by atoms with Gasteiger partial charge in [-0.15, -0.1) is 10.2 Å². The number of nitrogens with two attached hydrogens (primary N) is 2. The van der Waals surface area contributed by atoms with Gasteiger partial charge in [0.25, 0.3) is 0 Å². The molecule has 0 aliphatic carbocycles. The molecule has 0 saturated carbocycles. The molecule has 2 rings (SSSR count). The summed E-state index contributed by atoms with van der Waals surface area (Å²) in [7, 11) is 0. The van der Waals surface area contributed by atoms with Crippen molar-refractivity contribution in [3.63, 3.8) is 0 Å². The number of hydrogen-bond acceptors (Lipinski definition) is 3. The Morgan fingerprint density at radius 1 is 1.25 bits per heavy atom. The van der Waals surface area contributed by atoms with Crippen LogP contribution in [-0.4, -0.2) is 21.5 Å². The van der Waals surface area contributed by atoms with Crippen molar-refractivity contribution in [3.05, 3.63) is 48.0 Å². The number of aromatic nitrogens is 2. The van der Waals surface area contributed by atoms with Gasteiger partial charge in [-0.05, 0) is 24.6 Å². The van der Waals surface area contributed by atoms with Crippen LogP contribution in [0, 0.1) is 5.82 Å². The average Bonchev–Trinajstić information content (AvgIpc) is 2.89. The molecule has 0 spiro atoms. The Morgan fingerprint density at radius 2 is 2.00 bits per heavy atom. The molecule has 4 N–H and O–H groups in total. The first-order valence-corrected chi connectivity index (χ1v) is 6.08. The van der Waals surface area contributed by atoms with Gasteiger partial charge in [-0.2, -0.15) is 5.10 Å². The molecule has 2 aromatic rings. The zero-order valence-corrected chi connectivity index (χ0v) is 11.0. The third kappa shape index (κ3) is 3.00. The Balaban J connectivity index is 2.36. The second-order valence-corrected chi connectivity index (χ2v) is 4.02. The third-order valence-corrected chi connectivity index (χ3v) is 2.61. The summed E-state index contributed by atoms with van der Waals surface area (Å²) in [6.45, 7) is 1.91. The van der Waals surface area contributed by atoms with Crippen molar-refractivity contribution >= 4 is 11.7 Å². The van der Waals surface area contributed by atoms with Gasteiger partial charge in [-0.1, -0.05) is 19.1 Å². The molecule has 0 saturated heterocycles. The van der Waals surface area contributed by atoms with Crippen molar-refractivity contribution in [2.24, 2.45) is 21.7 Å². The summed E-state index contributed by atoms with van der Waals surface area (Å²) < 4.78 is 15.1. The van der Waals surface area contributed by atoms with Gasteiger partial charge in [0.1, 0.15) is 17.2 Å². The van der Waals surface area contributed by atoms with Crippen LogP contribution in [0.4, 0.5) is 4.39 Å². The lowest BCUT2D eigenvalue weighted by Crippen LogP contribution is -2.22. The Labute approximate surface area is 115 Å². The molecule has 0 atom stereocenters. The number of rotatable bonds is 4. The van der Waals surface area contributed by atoms with Gasteiger partial charge in [0.15, 0.2) is 0 Å². The first-order chi connectivity index (χ1) is 9.61. The summed E-state index contributed by atoms with van der Waals surface area (Å²) >= 11 is 0. The molecule has 1 aromatic heterocycles. The van der Waals surface area contributed by atoms with Gasteiger partial charge in [0.05, 0.1) is 5.71 Å². The van der Waals surface area contributed by atoms with Gasteiger partial charge in [-0.25, -0.2) is 9.07 Å². The molecule has 0 amide bonds. The molecule has 7 heteroatoms. The number of hydrogen-bond donors (Lipinski definition) is 2. The second-order valence-electron chi connectivity index (χ2n) is 4.02. The maximum absolute atomic E-state index is 13.7. The van der Waals surface area contributed by atoms with E-state index in [0.717, 1.165) is 0 Å². The minimum Gasteiger partial charge on any atom is -0.369 e. The summed E-state index contributed by atoms with van der Waals surface area (Å²) in [5.74, 6) is -0.467. The van der Waals surface area contributed by atoms with Gasteiger partial charge in [0, 0.05) is 6.20 Å². The number of benzene rings is 1. The molecule has 0 aliphatic rings. The van der Waals surface area contributed by atoms with Crippen molar-refractivity contribution < 1.29 is 4.39 Å². The SMILES string of the molecule is CCC(=NN=C(N)N)c1ccn(-c2ccccc2F)n1. The van der Waals surface area contributed by atoms with Crippen LogP contribution in [0.15, 0.2) is 46.7 Å². The van der Waals surface area contributed by atoms with E-state index in [-0.39, 0.29) is 11.8 Å². The number of nitrogens with zero attached hydrogens (tertiary/aromatic N) is 4. The Hall–Kier alpha value is -2.70. The quantitative estimate of drug-likeness (QED) is 0.501. The highest BCUT2D eigenvalue weighted by atomic mass is 19.1. The van der Waals surface area contributed by atoms with Crippen LogP contribution in [0.5, 0.6) is 0 Å². The molecule has 20 heavy (non-hydrogen) atoms. The van der Waals surface area contributed by atoms with Crippen molar-refractivity contribution in [2.75, 3.05) is 0 Å². The smallest absolute Gasteiger partial charge is 0.211 e. The number of halogens is 1. The molecule has 6 nitrogen and oxygen atoms in total. The summed E-state index contributed by atoms with van der Waals surface area (Å²) in [6.07, 6.45) is 2.26. The first kappa shape index (κ1) is 13.7. The van der Waals surface area contributed by atoms with Crippen molar-refractivity contribution in [2.45, 2.75) is 13.3 Å². The molecule has 1 heterocycles. The van der Waals surface area contributed by atoms with Crippen LogP contribution >= 0.6 is 0 Å². The number of para-hydroxylation sites is 1. The second kappa shape index (κ2) is 5.96. The molecular formula is C13H15FN6. The molecule has 0 fully saturated rings. The summed E-state index contributed by atoms with van der Waals surface area (Å²) in [6, 6.07) is 8.13. The predicted octanol–water partition coefficient (Wildman–Crippen LogP) is 1.40. The molecule has 0 unspecified atom stereocenters. The van der Waals surface area contributed by atoms with Crippen LogP contribution in [0.2, 0.25) is 0 Å². The normalized spacial score (nSPS) is 11.4. The van der Waals surface area contributed by atoms with Crippen LogP contribution in [-0.2, 0) is 0 Å². The van der Waals surface area contributed by atoms with Gasteiger partial charge >= 0.3 is 0 Å². The lowest BCUT2D eigenvalue weighted by atomic mass is 10.2. The number of guanidine groups is 1. The summed E-state index contributed by atoms with van der Waals surface area (Å²) in [5.41, 5.74) is 12.1. The molecule has 0 bridgehead atoms. The lowest BCUT2D eigenvalue weighted by Gasteiger charge is -2.02. The molecule has 0 radical (unpaired) electrons. The van der Waals surface area contributed by atoms with Crippen LogP contribution in [0.25, 0.3) is 5.69 Å². The zero-order chi connectivity index (χ0) is 14.5. The van der Waals surface area contributed by atoms with E-state index in [1.54, 1.807) is 30.5 Å². The van der Waals surface area contributed by atoms with Gasteiger partial charge < -0.3 is 11.5 Å².